The zero-order chi connectivity index (χ0) is 17.4. The van der Waals surface area contributed by atoms with E-state index in [9.17, 15) is 9.18 Å². The van der Waals surface area contributed by atoms with Gasteiger partial charge in [-0.3, -0.25) is 4.98 Å². The highest BCUT2D eigenvalue weighted by Crippen LogP contribution is 2.28. The highest BCUT2D eigenvalue weighted by atomic mass is 32.2. The predicted octanol–water partition coefficient (Wildman–Crippen LogP) is 3.42. The van der Waals surface area contributed by atoms with Gasteiger partial charge < -0.3 is 4.42 Å². The molecule has 0 saturated heterocycles. The van der Waals surface area contributed by atoms with Crippen LogP contribution in [0.15, 0.2) is 57.0 Å². The van der Waals surface area contributed by atoms with Crippen molar-refractivity contribution in [3.63, 3.8) is 0 Å². The number of halogens is 1. The number of hydrogen-bond donors (Lipinski definition) is 1. The quantitative estimate of drug-likeness (QED) is 0.567. The maximum atomic E-state index is 13.2. The number of aromatic amines is 1. The minimum absolute atomic E-state index is 0.321. The lowest BCUT2D eigenvalue weighted by Crippen LogP contribution is -2.19. The molecule has 0 aliphatic rings. The molecule has 0 unspecified atom stereocenters. The van der Waals surface area contributed by atoms with E-state index in [1.807, 2.05) is 12.1 Å². The summed E-state index contributed by atoms with van der Waals surface area (Å²) in [4.78, 5) is 19.6. The molecule has 8 heteroatoms. The first kappa shape index (κ1) is 15.6. The van der Waals surface area contributed by atoms with Crippen LogP contribution < -0.4 is 5.69 Å². The zero-order valence-corrected chi connectivity index (χ0v) is 14.0. The Hall–Kier alpha value is -2.87. The van der Waals surface area contributed by atoms with Crippen molar-refractivity contribution >= 4 is 17.4 Å². The van der Waals surface area contributed by atoms with Gasteiger partial charge in [0.15, 0.2) is 10.8 Å². The maximum Gasteiger partial charge on any atom is 0.350 e. The van der Waals surface area contributed by atoms with Gasteiger partial charge in [0.05, 0.1) is 17.7 Å². The average molecular weight is 356 g/mol. The number of fused-ring (bicyclic) bond motifs is 1. The van der Waals surface area contributed by atoms with E-state index in [1.54, 1.807) is 25.3 Å². The van der Waals surface area contributed by atoms with Gasteiger partial charge in [-0.25, -0.2) is 14.2 Å². The SMILES string of the molecule is Cc1nn2c(=O)[nH]c(SCc3ccco3)nc2c1-c1ccc(F)cc1. The lowest BCUT2D eigenvalue weighted by Gasteiger charge is -2.03. The molecular formula is C17H13FN4O2S. The van der Waals surface area contributed by atoms with Crippen LogP contribution in [0.1, 0.15) is 11.5 Å². The van der Waals surface area contributed by atoms with E-state index in [1.165, 1.54) is 28.4 Å². The third-order valence-corrected chi connectivity index (χ3v) is 4.61. The van der Waals surface area contributed by atoms with Crippen molar-refractivity contribution in [2.45, 2.75) is 17.8 Å². The molecule has 3 aromatic heterocycles. The third-order valence-electron chi connectivity index (χ3n) is 3.71. The number of thioether (sulfide) groups is 1. The van der Waals surface area contributed by atoms with Crippen LogP contribution in [0.3, 0.4) is 0 Å². The number of furan rings is 1. The molecule has 3 heterocycles. The molecule has 0 radical (unpaired) electrons. The Morgan fingerprint density at radius 3 is 2.80 bits per heavy atom. The Morgan fingerprint density at radius 1 is 1.28 bits per heavy atom. The summed E-state index contributed by atoms with van der Waals surface area (Å²) in [6.07, 6.45) is 1.60. The number of H-pyrrole nitrogens is 1. The third kappa shape index (κ3) is 2.96. The first-order valence-corrected chi connectivity index (χ1v) is 8.51. The van der Waals surface area contributed by atoms with Crippen molar-refractivity contribution < 1.29 is 8.81 Å². The van der Waals surface area contributed by atoms with Gasteiger partial charge in [-0.2, -0.15) is 9.61 Å². The van der Waals surface area contributed by atoms with Gasteiger partial charge in [0.2, 0.25) is 0 Å². The van der Waals surface area contributed by atoms with Gasteiger partial charge in [0.1, 0.15) is 11.6 Å². The molecule has 0 spiro atoms. The number of nitrogens with one attached hydrogen (secondary N) is 1. The molecule has 0 saturated carbocycles. The van der Waals surface area contributed by atoms with Crippen molar-refractivity contribution in [2.24, 2.45) is 0 Å². The van der Waals surface area contributed by atoms with Crippen molar-refractivity contribution in [3.8, 4) is 11.1 Å². The van der Waals surface area contributed by atoms with Gasteiger partial charge in [-0.05, 0) is 36.8 Å². The Morgan fingerprint density at radius 2 is 2.08 bits per heavy atom. The Labute approximate surface area is 145 Å². The second-order valence-electron chi connectivity index (χ2n) is 5.42. The predicted molar refractivity (Wildman–Crippen MR) is 92.0 cm³/mol. The topological polar surface area (TPSA) is 76.2 Å². The molecule has 126 valence electrons. The summed E-state index contributed by atoms with van der Waals surface area (Å²) < 4.78 is 19.7. The standard InChI is InChI=1S/C17H13FN4O2S/c1-10-14(11-4-6-12(18)7-5-11)15-19-16(20-17(23)22(15)21-10)25-9-13-3-2-8-24-13/h2-8H,9H2,1H3,(H,19,20,23). The number of benzene rings is 1. The van der Waals surface area contributed by atoms with Crippen molar-refractivity contribution in [1.82, 2.24) is 19.6 Å². The number of hydrogen-bond acceptors (Lipinski definition) is 5. The summed E-state index contributed by atoms with van der Waals surface area (Å²) in [5.74, 6) is 1.01. The van der Waals surface area contributed by atoms with Crippen LogP contribution in [-0.4, -0.2) is 19.6 Å². The Balaban J connectivity index is 1.79. The van der Waals surface area contributed by atoms with Gasteiger partial charge in [0, 0.05) is 5.56 Å². The Bertz CT molecular complexity index is 1080. The molecule has 0 amide bonds. The molecule has 4 rings (SSSR count). The number of nitrogens with zero attached hydrogens (tertiary/aromatic N) is 3. The van der Waals surface area contributed by atoms with Crippen LogP contribution >= 0.6 is 11.8 Å². The van der Waals surface area contributed by atoms with Gasteiger partial charge in [-0.1, -0.05) is 23.9 Å². The second-order valence-corrected chi connectivity index (χ2v) is 6.38. The van der Waals surface area contributed by atoms with E-state index in [0.717, 1.165) is 11.3 Å². The summed E-state index contributed by atoms with van der Waals surface area (Å²) >= 11 is 1.36. The lowest BCUT2D eigenvalue weighted by molar-refractivity contribution is 0.530. The van der Waals surface area contributed by atoms with E-state index in [0.29, 0.717) is 27.8 Å². The van der Waals surface area contributed by atoms with E-state index in [4.69, 9.17) is 4.42 Å². The van der Waals surface area contributed by atoms with Crippen LogP contribution in [0.2, 0.25) is 0 Å². The van der Waals surface area contributed by atoms with E-state index >= 15 is 0 Å². The molecule has 6 nitrogen and oxygen atoms in total. The summed E-state index contributed by atoms with van der Waals surface area (Å²) in [7, 11) is 0. The van der Waals surface area contributed by atoms with Gasteiger partial charge in [0.25, 0.3) is 0 Å². The molecule has 0 fully saturated rings. The fraction of sp³-hybridized carbons (Fsp3) is 0.118. The number of aryl methyl sites for hydroxylation is 1. The van der Waals surface area contributed by atoms with Gasteiger partial charge >= 0.3 is 5.69 Å². The highest BCUT2D eigenvalue weighted by molar-refractivity contribution is 7.98. The first-order chi connectivity index (χ1) is 12.1. The normalized spacial score (nSPS) is 11.3. The van der Waals surface area contributed by atoms with E-state index in [-0.39, 0.29) is 11.5 Å². The lowest BCUT2D eigenvalue weighted by atomic mass is 10.1. The van der Waals surface area contributed by atoms with Crippen molar-refractivity contribution in [2.75, 3.05) is 0 Å². The first-order valence-electron chi connectivity index (χ1n) is 7.52. The molecule has 1 N–H and O–H groups in total. The molecule has 0 aliphatic carbocycles. The van der Waals surface area contributed by atoms with Crippen LogP contribution in [0, 0.1) is 12.7 Å². The maximum absolute atomic E-state index is 13.2. The summed E-state index contributed by atoms with van der Waals surface area (Å²) in [5, 5.41) is 4.72. The second kappa shape index (κ2) is 6.21. The highest BCUT2D eigenvalue weighted by Gasteiger charge is 2.16. The molecule has 0 bridgehead atoms. The van der Waals surface area contributed by atoms with Gasteiger partial charge in [-0.15, -0.1) is 0 Å². The summed E-state index contributed by atoms with van der Waals surface area (Å²) in [5.41, 5.74) is 2.19. The summed E-state index contributed by atoms with van der Waals surface area (Å²) in [6, 6.07) is 9.71. The summed E-state index contributed by atoms with van der Waals surface area (Å²) in [6.45, 7) is 1.79. The average Bonchev–Trinajstić information content (AvgIpc) is 3.22. The molecule has 25 heavy (non-hydrogen) atoms. The van der Waals surface area contributed by atoms with E-state index < -0.39 is 0 Å². The minimum Gasteiger partial charge on any atom is -0.468 e. The monoisotopic (exact) mass is 356 g/mol. The molecular weight excluding hydrogens is 343 g/mol. The Kier molecular flexibility index (Phi) is 3.89. The minimum atomic E-state index is -0.372. The van der Waals surface area contributed by atoms with Crippen LogP contribution in [-0.2, 0) is 5.75 Å². The van der Waals surface area contributed by atoms with Crippen LogP contribution in [0.4, 0.5) is 4.39 Å². The molecule has 4 aromatic rings. The van der Waals surface area contributed by atoms with Crippen molar-refractivity contribution in [3.05, 3.63) is 70.4 Å². The molecule has 0 atom stereocenters. The smallest absolute Gasteiger partial charge is 0.350 e. The zero-order valence-electron chi connectivity index (χ0n) is 13.2. The molecule has 0 aliphatic heterocycles. The van der Waals surface area contributed by atoms with Crippen LogP contribution in [0.25, 0.3) is 16.8 Å². The largest absolute Gasteiger partial charge is 0.468 e. The number of rotatable bonds is 4. The fourth-order valence-corrected chi connectivity index (χ4v) is 3.34. The van der Waals surface area contributed by atoms with E-state index in [2.05, 4.69) is 15.1 Å². The fourth-order valence-electron chi connectivity index (χ4n) is 2.59. The molecule has 1 aromatic carbocycles. The van der Waals surface area contributed by atoms with Crippen LogP contribution in [0.5, 0.6) is 0 Å². The van der Waals surface area contributed by atoms with Crippen molar-refractivity contribution in [1.29, 1.82) is 0 Å². The number of aromatic nitrogens is 4.